The first-order valence-corrected chi connectivity index (χ1v) is 9.74. The lowest BCUT2D eigenvalue weighted by atomic mass is 9.88. The summed E-state index contributed by atoms with van der Waals surface area (Å²) in [5, 5.41) is 0. The van der Waals surface area contributed by atoms with Gasteiger partial charge < -0.3 is 4.90 Å². The molecule has 4 heteroatoms. The SMILES string of the molecule is c1ccc(C(CCN2CCN(c3ncccn3)CC2)c2ccccc2)cc1. The summed E-state index contributed by atoms with van der Waals surface area (Å²) in [7, 11) is 0. The van der Waals surface area contributed by atoms with Crippen LogP contribution in [-0.4, -0.2) is 47.6 Å². The second-order valence-corrected chi connectivity index (χ2v) is 7.04. The second kappa shape index (κ2) is 8.78. The van der Waals surface area contributed by atoms with E-state index >= 15 is 0 Å². The predicted octanol–water partition coefficient (Wildman–Crippen LogP) is 3.82. The molecular weight excluding hydrogens is 332 g/mol. The summed E-state index contributed by atoms with van der Waals surface area (Å²) in [6.45, 7) is 5.22. The topological polar surface area (TPSA) is 32.3 Å². The highest BCUT2D eigenvalue weighted by atomic mass is 15.3. The fourth-order valence-electron chi connectivity index (χ4n) is 3.83. The number of benzene rings is 2. The summed E-state index contributed by atoms with van der Waals surface area (Å²) in [6, 6.07) is 23.6. The standard InChI is InChI=1S/C23H26N4/c1-3-8-20(9-4-1)22(21-10-5-2-6-11-21)12-15-26-16-18-27(19-17-26)23-24-13-7-14-25-23/h1-11,13-14,22H,12,15-19H2. The molecule has 1 aromatic heterocycles. The lowest BCUT2D eigenvalue weighted by Crippen LogP contribution is -2.47. The maximum absolute atomic E-state index is 4.38. The van der Waals surface area contributed by atoms with Crippen molar-refractivity contribution in [1.29, 1.82) is 0 Å². The van der Waals surface area contributed by atoms with Gasteiger partial charge in [-0.15, -0.1) is 0 Å². The first-order valence-electron chi connectivity index (χ1n) is 9.74. The molecule has 27 heavy (non-hydrogen) atoms. The summed E-state index contributed by atoms with van der Waals surface area (Å²) < 4.78 is 0. The lowest BCUT2D eigenvalue weighted by Gasteiger charge is -2.35. The molecule has 0 atom stereocenters. The number of hydrogen-bond donors (Lipinski definition) is 0. The van der Waals surface area contributed by atoms with E-state index < -0.39 is 0 Å². The third-order valence-corrected chi connectivity index (χ3v) is 5.35. The first kappa shape index (κ1) is 17.7. The van der Waals surface area contributed by atoms with E-state index in [4.69, 9.17) is 0 Å². The fraction of sp³-hybridized carbons (Fsp3) is 0.304. The van der Waals surface area contributed by atoms with Gasteiger partial charge in [-0.25, -0.2) is 9.97 Å². The van der Waals surface area contributed by atoms with Crippen LogP contribution in [0.15, 0.2) is 79.1 Å². The molecule has 4 nitrogen and oxygen atoms in total. The Bertz CT molecular complexity index is 760. The van der Waals surface area contributed by atoms with E-state index in [0.29, 0.717) is 5.92 Å². The van der Waals surface area contributed by atoms with Gasteiger partial charge in [-0.1, -0.05) is 60.7 Å². The number of rotatable bonds is 6. The van der Waals surface area contributed by atoms with Crippen LogP contribution in [0.4, 0.5) is 5.95 Å². The van der Waals surface area contributed by atoms with Crippen molar-refractivity contribution < 1.29 is 0 Å². The Labute approximate surface area is 161 Å². The van der Waals surface area contributed by atoms with Crippen molar-refractivity contribution in [1.82, 2.24) is 14.9 Å². The molecule has 1 aliphatic heterocycles. The third-order valence-electron chi connectivity index (χ3n) is 5.35. The van der Waals surface area contributed by atoms with Crippen molar-refractivity contribution in [3.63, 3.8) is 0 Å². The van der Waals surface area contributed by atoms with Gasteiger partial charge in [0.25, 0.3) is 0 Å². The van der Waals surface area contributed by atoms with Gasteiger partial charge in [0.1, 0.15) is 0 Å². The Morgan fingerprint density at radius 3 is 1.81 bits per heavy atom. The summed E-state index contributed by atoms with van der Waals surface area (Å²) >= 11 is 0. The van der Waals surface area contributed by atoms with E-state index in [1.807, 2.05) is 18.5 Å². The van der Waals surface area contributed by atoms with Crippen LogP contribution in [0.3, 0.4) is 0 Å². The van der Waals surface area contributed by atoms with Gasteiger partial charge in [-0.05, 0) is 30.2 Å². The molecule has 0 N–H and O–H groups in total. The van der Waals surface area contributed by atoms with Gasteiger partial charge in [0.2, 0.25) is 5.95 Å². The van der Waals surface area contributed by atoms with Crippen molar-refractivity contribution >= 4 is 5.95 Å². The molecule has 0 amide bonds. The summed E-state index contributed by atoms with van der Waals surface area (Å²) in [6.07, 6.45) is 4.77. The zero-order valence-corrected chi connectivity index (χ0v) is 15.6. The number of anilines is 1. The van der Waals surface area contributed by atoms with Crippen LogP contribution in [0.25, 0.3) is 0 Å². The van der Waals surface area contributed by atoms with E-state index in [0.717, 1.165) is 45.1 Å². The normalized spacial score (nSPS) is 15.2. The summed E-state index contributed by atoms with van der Waals surface area (Å²) in [5.74, 6) is 1.30. The highest BCUT2D eigenvalue weighted by Gasteiger charge is 2.20. The molecule has 0 bridgehead atoms. The van der Waals surface area contributed by atoms with Crippen LogP contribution in [0.2, 0.25) is 0 Å². The van der Waals surface area contributed by atoms with Gasteiger partial charge >= 0.3 is 0 Å². The molecule has 3 aromatic rings. The molecule has 2 aromatic carbocycles. The average Bonchev–Trinajstić information content (AvgIpc) is 2.76. The average molecular weight is 358 g/mol. The third kappa shape index (κ3) is 4.52. The molecule has 0 unspecified atom stereocenters. The van der Waals surface area contributed by atoms with E-state index in [2.05, 4.69) is 80.4 Å². The van der Waals surface area contributed by atoms with Gasteiger partial charge in [0.15, 0.2) is 0 Å². The number of hydrogen-bond acceptors (Lipinski definition) is 4. The molecule has 1 saturated heterocycles. The monoisotopic (exact) mass is 358 g/mol. The molecule has 138 valence electrons. The molecule has 2 heterocycles. The number of piperazine rings is 1. The van der Waals surface area contributed by atoms with Crippen LogP contribution in [0.5, 0.6) is 0 Å². The Morgan fingerprint density at radius 2 is 1.26 bits per heavy atom. The predicted molar refractivity (Wildman–Crippen MR) is 110 cm³/mol. The molecule has 0 aliphatic carbocycles. The zero-order chi connectivity index (χ0) is 18.3. The van der Waals surface area contributed by atoms with Crippen LogP contribution in [0.1, 0.15) is 23.5 Å². The van der Waals surface area contributed by atoms with Crippen LogP contribution < -0.4 is 4.90 Å². The second-order valence-electron chi connectivity index (χ2n) is 7.04. The summed E-state index contributed by atoms with van der Waals surface area (Å²) in [4.78, 5) is 13.6. The van der Waals surface area contributed by atoms with Crippen LogP contribution >= 0.6 is 0 Å². The molecular formula is C23H26N4. The zero-order valence-electron chi connectivity index (χ0n) is 15.6. The smallest absolute Gasteiger partial charge is 0.225 e. The van der Waals surface area contributed by atoms with Gasteiger partial charge in [-0.2, -0.15) is 0 Å². The quantitative estimate of drug-likeness (QED) is 0.670. The molecule has 1 aliphatic rings. The van der Waals surface area contributed by atoms with Crippen molar-refractivity contribution in [2.24, 2.45) is 0 Å². The van der Waals surface area contributed by atoms with Gasteiger partial charge in [0.05, 0.1) is 0 Å². The minimum absolute atomic E-state index is 0.447. The Hall–Kier alpha value is -2.72. The van der Waals surface area contributed by atoms with E-state index in [9.17, 15) is 0 Å². The van der Waals surface area contributed by atoms with E-state index in [1.54, 1.807) is 0 Å². The maximum Gasteiger partial charge on any atom is 0.225 e. The van der Waals surface area contributed by atoms with Crippen molar-refractivity contribution in [3.05, 3.63) is 90.3 Å². The number of nitrogens with zero attached hydrogens (tertiary/aromatic N) is 4. The van der Waals surface area contributed by atoms with Gasteiger partial charge in [0, 0.05) is 44.5 Å². The highest BCUT2D eigenvalue weighted by Crippen LogP contribution is 2.28. The largest absolute Gasteiger partial charge is 0.338 e. The number of aromatic nitrogens is 2. The first-order chi connectivity index (χ1) is 13.4. The van der Waals surface area contributed by atoms with Crippen LogP contribution in [-0.2, 0) is 0 Å². The molecule has 0 spiro atoms. The fourth-order valence-corrected chi connectivity index (χ4v) is 3.83. The Kier molecular flexibility index (Phi) is 5.75. The van der Waals surface area contributed by atoms with Crippen LogP contribution in [0, 0.1) is 0 Å². The minimum Gasteiger partial charge on any atom is -0.338 e. The molecule has 4 rings (SSSR count). The Morgan fingerprint density at radius 1 is 0.704 bits per heavy atom. The van der Waals surface area contributed by atoms with Crippen molar-refractivity contribution in [2.75, 3.05) is 37.6 Å². The molecule has 0 radical (unpaired) electrons. The minimum atomic E-state index is 0.447. The maximum atomic E-state index is 4.38. The lowest BCUT2D eigenvalue weighted by molar-refractivity contribution is 0.250. The van der Waals surface area contributed by atoms with E-state index in [-0.39, 0.29) is 0 Å². The molecule has 1 fully saturated rings. The van der Waals surface area contributed by atoms with Gasteiger partial charge in [-0.3, -0.25) is 4.90 Å². The van der Waals surface area contributed by atoms with Crippen molar-refractivity contribution in [3.8, 4) is 0 Å². The summed E-state index contributed by atoms with van der Waals surface area (Å²) in [5.41, 5.74) is 2.81. The molecule has 0 saturated carbocycles. The Balaban J connectivity index is 1.38. The van der Waals surface area contributed by atoms with E-state index in [1.165, 1.54) is 11.1 Å². The van der Waals surface area contributed by atoms with Crippen molar-refractivity contribution in [2.45, 2.75) is 12.3 Å². The highest BCUT2D eigenvalue weighted by molar-refractivity contribution is 5.32.